The maximum Gasteiger partial charge on any atom is 0.494 e. The molecule has 4 aromatic rings. The Bertz CT molecular complexity index is 1680. The summed E-state index contributed by atoms with van der Waals surface area (Å²) >= 11 is 3.23. The molecular formula is C36H38BBrN2O8. The van der Waals surface area contributed by atoms with Crippen molar-refractivity contribution in [2.45, 2.75) is 52.7 Å². The summed E-state index contributed by atoms with van der Waals surface area (Å²) in [7, 11) is -0.360. The van der Waals surface area contributed by atoms with Gasteiger partial charge in [0.25, 0.3) is 0 Å². The summed E-state index contributed by atoms with van der Waals surface area (Å²) in [4.78, 5) is 51.7. The van der Waals surface area contributed by atoms with E-state index in [4.69, 9.17) is 18.8 Å². The van der Waals surface area contributed by atoms with Gasteiger partial charge in [0.2, 0.25) is 0 Å². The Hall–Kier alpha value is -4.52. The fourth-order valence-corrected chi connectivity index (χ4v) is 4.45. The second kappa shape index (κ2) is 17.6. The van der Waals surface area contributed by atoms with Gasteiger partial charge in [-0.1, -0.05) is 64.5 Å². The van der Waals surface area contributed by atoms with Crippen molar-refractivity contribution >= 4 is 53.0 Å². The number of carbonyl (C=O) groups is 4. The van der Waals surface area contributed by atoms with Crippen molar-refractivity contribution in [2.75, 3.05) is 13.2 Å². The monoisotopic (exact) mass is 716 g/mol. The number of esters is 2. The lowest BCUT2D eigenvalue weighted by Crippen LogP contribution is -2.41. The highest BCUT2D eigenvalue weighted by Crippen LogP contribution is 2.36. The van der Waals surface area contributed by atoms with Crippen LogP contribution < -0.4 is 5.46 Å². The van der Waals surface area contributed by atoms with Gasteiger partial charge < -0.3 is 18.8 Å². The van der Waals surface area contributed by atoms with Gasteiger partial charge >= 0.3 is 19.1 Å². The minimum atomic E-state index is -0.436. The average Bonchev–Trinajstić information content (AvgIpc) is 3.31. The second-order valence-corrected chi connectivity index (χ2v) is 12.3. The molecule has 12 heteroatoms. The molecule has 1 aliphatic rings. The maximum atomic E-state index is 11.6. The molecule has 0 spiro atoms. The van der Waals surface area contributed by atoms with Gasteiger partial charge in [0.15, 0.2) is 0 Å². The van der Waals surface area contributed by atoms with Crippen molar-refractivity contribution < 1.29 is 38.0 Å². The largest absolute Gasteiger partial charge is 0.494 e. The van der Waals surface area contributed by atoms with Crippen molar-refractivity contribution in [3.05, 3.63) is 112 Å². The lowest BCUT2D eigenvalue weighted by molar-refractivity contribution is 0.00578. The zero-order chi connectivity index (χ0) is 35.3. The molecule has 1 aliphatic heterocycles. The van der Waals surface area contributed by atoms with Gasteiger partial charge in [-0.2, -0.15) is 0 Å². The summed E-state index contributed by atoms with van der Waals surface area (Å²) in [6, 6.07) is 21.2. The van der Waals surface area contributed by atoms with Crippen LogP contribution >= 0.6 is 15.9 Å². The first-order valence-corrected chi connectivity index (χ1v) is 16.0. The zero-order valence-electron chi connectivity index (χ0n) is 27.8. The van der Waals surface area contributed by atoms with E-state index in [1.165, 1.54) is 0 Å². The van der Waals surface area contributed by atoms with E-state index in [9.17, 15) is 19.2 Å². The van der Waals surface area contributed by atoms with Crippen LogP contribution in [0.5, 0.6) is 0 Å². The molecule has 0 aliphatic carbocycles. The summed E-state index contributed by atoms with van der Waals surface area (Å²) in [5.41, 5.74) is 3.92. The minimum Gasteiger partial charge on any atom is -0.461 e. The quantitative estimate of drug-likeness (QED) is 0.112. The summed E-state index contributed by atoms with van der Waals surface area (Å²) in [5, 5.41) is 0. The number of ether oxygens (including phenoxy) is 2. The predicted octanol–water partition coefficient (Wildman–Crippen LogP) is 6.56. The predicted molar refractivity (Wildman–Crippen MR) is 186 cm³/mol. The van der Waals surface area contributed by atoms with E-state index in [0.29, 0.717) is 30.0 Å². The van der Waals surface area contributed by atoms with Gasteiger partial charge in [-0.05, 0) is 82.4 Å². The van der Waals surface area contributed by atoms with Gasteiger partial charge in [0.05, 0.1) is 24.4 Å². The normalized spacial score (nSPS) is 13.9. The van der Waals surface area contributed by atoms with E-state index in [0.717, 1.165) is 33.6 Å². The number of aldehydes is 2. The van der Waals surface area contributed by atoms with Crippen LogP contribution in [0.1, 0.15) is 83.2 Å². The van der Waals surface area contributed by atoms with Crippen LogP contribution in [-0.4, -0.2) is 66.0 Å². The van der Waals surface area contributed by atoms with Gasteiger partial charge in [0, 0.05) is 28.0 Å². The molecule has 0 atom stereocenters. The van der Waals surface area contributed by atoms with Crippen molar-refractivity contribution in [1.82, 2.24) is 9.97 Å². The highest BCUT2D eigenvalue weighted by atomic mass is 79.9. The van der Waals surface area contributed by atoms with E-state index in [1.54, 1.807) is 74.8 Å². The molecule has 0 unspecified atom stereocenters. The lowest BCUT2D eigenvalue weighted by Gasteiger charge is -2.32. The van der Waals surface area contributed by atoms with Crippen LogP contribution in [-0.2, 0) is 18.8 Å². The molecule has 2 aromatic heterocycles. The number of hydrogen-bond donors (Lipinski definition) is 0. The number of nitrogens with zero attached hydrogens (tertiary/aromatic N) is 2. The SMILES string of the molecule is CC1(C)OB(c2ccc(C=O)cc2)OC1(C)C.CCOC(=O)c1cc(-c2ccc(C=O)cc2)ccn1.CCOC(=O)c1cc(Br)ccn1. The maximum absolute atomic E-state index is 11.6. The van der Waals surface area contributed by atoms with Crippen LogP contribution in [0.15, 0.2) is 89.7 Å². The Morgan fingerprint density at radius 2 is 1.17 bits per heavy atom. The fraction of sp³-hybridized carbons (Fsp3) is 0.278. The first-order valence-electron chi connectivity index (χ1n) is 15.2. The van der Waals surface area contributed by atoms with Gasteiger partial charge in [-0.3, -0.25) is 9.59 Å². The topological polar surface area (TPSA) is 131 Å². The summed E-state index contributed by atoms with van der Waals surface area (Å²) < 4.78 is 22.3. The average molecular weight is 717 g/mol. The fourth-order valence-electron chi connectivity index (χ4n) is 4.11. The third-order valence-electron chi connectivity index (χ3n) is 7.43. The third-order valence-corrected chi connectivity index (χ3v) is 7.92. The molecule has 0 saturated carbocycles. The summed E-state index contributed by atoms with van der Waals surface area (Å²) in [6.45, 7) is 12.3. The molecule has 48 heavy (non-hydrogen) atoms. The number of halogens is 1. The first kappa shape index (κ1) is 37.9. The molecule has 250 valence electrons. The van der Waals surface area contributed by atoms with Crippen LogP contribution in [0, 0.1) is 0 Å². The van der Waals surface area contributed by atoms with E-state index in [1.807, 2.05) is 52.0 Å². The number of carbonyl (C=O) groups excluding carboxylic acids is 4. The minimum absolute atomic E-state index is 0.277. The van der Waals surface area contributed by atoms with Crippen LogP contribution in [0.2, 0.25) is 0 Å². The molecule has 0 bridgehead atoms. The van der Waals surface area contributed by atoms with E-state index in [2.05, 4.69) is 25.9 Å². The highest BCUT2D eigenvalue weighted by Gasteiger charge is 2.51. The van der Waals surface area contributed by atoms with Crippen molar-refractivity contribution in [2.24, 2.45) is 0 Å². The Kier molecular flexibility index (Phi) is 13.9. The molecule has 0 amide bonds. The lowest BCUT2D eigenvalue weighted by atomic mass is 9.79. The molecule has 3 heterocycles. The highest BCUT2D eigenvalue weighted by molar-refractivity contribution is 9.10. The number of aromatic nitrogens is 2. The van der Waals surface area contributed by atoms with E-state index >= 15 is 0 Å². The molecule has 5 rings (SSSR count). The third kappa shape index (κ3) is 10.5. The smallest absolute Gasteiger partial charge is 0.461 e. The standard InChI is InChI=1S/C15H13NO3.C13H17BO3.C8H8BrNO2/c1-2-19-15(18)14-9-13(7-8-16-14)12-5-3-11(10-17)4-6-12;1-12(2)13(3,4)17-14(16-12)11-7-5-10(9-15)6-8-11;1-2-12-8(11)7-5-6(9)3-4-10-7/h3-10H,2H2,1H3;5-9H,1-4H3;3-5H,2H2,1H3. The molecule has 0 radical (unpaired) electrons. The number of hydrogen-bond acceptors (Lipinski definition) is 10. The Labute approximate surface area is 289 Å². The van der Waals surface area contributed by atoms with Gasteiger partial charge in [-0.25, -0.2) is 19.6 Å². The van der Waals surface area contributed by atoms with Crippen LogP contribution in [0.4, 0.5) is 0 Å². The van der Waals surface area contributed by atoms with E-state index in [-0.39, 0.29) is 30.0 Å². The summed E-state index contributed by atoms with van der Waals surface area (Å²) in [5.74, 6) is -0.826. The zero-order valence-corrected chi connectivity index (χ0v) is 29.4. The Morgan fingerprint density at radius 1 is 0.708 bits per heavy atom. The Balaban J connectivity index is 0.000000200. The first-order chi connectivity index (χ1) is 22.8. The molecule has 0 N–H and O–H groups in total. The molecular weight excluding hydrogens is 679 g/mol. The Morgan fingerprint density at radius 3 is 1.62 bits per heavy atom. The molecule has 10 nitrogen and oxygen atoms in total. The molecule has 2 aromatic carbocycles. The summed E-state index contributed by atoms with van der Waals surface area (Å²) in [6.07, 6.45) is 4.74. The van der Waals surface area contributed by atoms with Gasteiger partial charge in [0.1, 0.15) is 24.0 Å². The van der Waals surface area contributed by atoms with Crippen molar-refractivity contribution in [3.8, 4) is 11.1 Å². The molecule has 1 saturated heterocycles. The van der Waals surface area contributed by atoms with Crippen LogP contribution in [0.3, 0.4) is 0 Å². The second-order valence-electron chi connectivity index (χ2n) is 11.3. The van der Waals surface area contributed by atoms with Crippen molar-refractivity contribution in [3.63, 3.8) is 0 Å². The van der Waals surface area contributed by atoms with Crippen molar-refractivity contribution in [1.29, 1.82) is 0 Å². The number of rotatable bonds is 8. The van der Waals surface area contributed by atoms with Crippen LogP contribution in [0.25, 0.3) is 11.1 Å². The molecule has 1 fully saturated rings. The number of pyridine rings is 2. The number of benzene rings is 2. The van der Waals surface area contributed by atoms with Gasteiger partial charge in [-0.15, -0.1) is 0 Å². The van der Waals surface area contributed by atoms with E-state index < -0.39 is 5.97 Å².